The maximum atomic E-state index is 12.2. The van der Waals surface area contributed by atoms with Crippen molar-refractivity contribution in [3.63, 3.8) is 0 Å². The molecule has 4 nitrogen and oxygen atoms in total. The molecule has 7 heteroatoms. The van der Waals surface area contributed by atoms with Crippen LogP contribution in [0.25, 0.3) is 0 Å². The van der Waals surface area contributed by atoms with Crippen molar-refractivity contribution < 1.29 is 18.0 Å². The number of hydrogen-bond acceptors (Lipinski definition) is 3. The van der Waals surface area contributed by atoms with Gasteiger partial charge in [0.1, 0.15) is 0 Å². The highest BCUT2D eigenvalue weighted by molar-refractivity contribution is 5.80. The molecule has 3 rings (SSSR count). The molecule has 2 saturated heterocycles. The Hall–Kier alpha value is -1.76. The van der Waals surface area contributed by atoms with E-state index in [1.165, 1.54) is 10.6 Å². The highest BCUT2D eigenvalue weighted by Gasteiger charge is 2.39. The van der Waals surface area contributed by atoms with Crippen molar-refractivity contribution in [2.45, 2.75) is 12.6 Å². The van der Waals surface area contributed by atoms with E-state index in [0.717, 1.165) is 19.5 Å². The molecule has 0 bridgehead atoms. The predicted molar refractivity (Wildman–Crippen MR) is 85.8 cm³/mol. The van der Waals surface area contributed by atoms with Gasteiger partial charge in [0.15, 0.2) is 0 Å². The lowest BCUT2D eigenvalue weighted by Gasteiger charge is -2.38. The zero-order valence-corrected chi connectivity index (χ0v) is 13.4. The normalized spacial score (nSPS) is 22.5. The molecule has 0 aromatic heterocycles. The van der Waals surface area contributed by atoms with E-state index < -0.39 is 12.7 Å². The molecule has 2 aliphatic rings. The number of anilines is 1. The Balaban J connectivity index is 1.36. The number of alkyl halides is 3. The van der Waals surface area contributed by atoms with Gasteiger partial charge in [-0.1, -0.05) is 18.2 Å². The van der Waals surface area contributed by atoms with Crippen molar-refractivity contribution >= 4 is 11.6 Å². The summed E-state index contributed by atoms with van der Waals surface area (Å²) in [5, 5.41) is 2.91. The minimum Gasteiger partial charge on any atom is -0.371 e. The van der Waals surface area contributed by atoms with Crippen molar-refractivity contribution in [2.24, 2.45) is 11.8 Å². The molecule has 0 spiro atoms. The first kappa shape index (κ1) is 17.1. The predicted octanol–water partition coefficient (Wildman–Crippen LogP) is 2.12. The second-order valence-corrected chi connectivity index (χ2v) is 6.69. The minimum atomic E-state index is -4.19. The third-order valence-electron chi connectivity index (χ3n) is 4.70. The first-order chi connectivity index (χ1) is 11.4. The van der Waals surface area contributed by atoms with Gasteiger partial charge in [0.2, 0.25) is 5.91 Å². The van der Waals surface area contributed by atoms with Crippen molar-refractivity contribution in [3.05, 3.63) is 30.3 Å². The van der Waals surface area contributed by atoms with Crippen LogP contribution in [-0.4, -0.2) is 56.3 Å². The van der Waals surface area contributed by atoms with Crippen LogP contribution in [0, 0.1) is 11.8 Å². The Morgan fingerprint density at radius 2 is 1.88 bits per heavy atom. The van der Waals surface area contributed by atoms with E-state index >= 15 is 0 Å². The van der Waals surface area contributed by atoms with Crippen molar-refractivity contribution in [1.29, 1.82) is 0 Å². The van der Waals surface area contributed by atoms with E-state index in [0.29, 0.717) is 12.5 Å². The van der Waals surface area contributed by atoms with E-state index in [-0.39, 0.29) is 24.9 Å². The van der Waals surface area contributed by atoms with Crippen LogP contribution >= 0.6 is 0 Å². The number of nitrogens with one attached hydrogen (secondary N) is 1. The quantitative estimate of drug-likeness (QED) is 0.891. The highest BCUT2D eigenvalue weighted by atomic mass is 19.4. The average molecular weight is 341 g/mol. The molecule has 132 valence electrons. The molecule has 0 unspecified atom stereocenters. The van der Waals surface area contributed by atoms with E-state index in [9.17, 15) is 18.0 Å². The van der Waals surface area contributed by atoms with Crippen LogP contribution in [0.1, 0.15) is 6.42 Å². The summed E-state index contributed by atoms with van der Waals surface area (Å²) >= 11 is 0. The lowest BCUT2D eigenvalue weighted by Crippen LogP contribution is -2.56. The molecular weight excluding hydrogens is 319 g/mol. The Labute approximate surface area is 139 Å². The maximum Gasteiger partial charge on any atom is 0.401 e. The van der Waals surface area contributed by atoms with E-state index in [1.807, 2.05) is 18.2 Å². The number of rotatable bonds is 5. The molecule has 1 amide bonds. The van der Waals surface area contributed by atoms with Gasteiger partial charge < -0.3 is 10.2 Å². The van der Waals surface area contributed by atoms with Crippen molar-refractivity contribution in [3.8, 4) is 0 Å². The zero-order valence-electron chi connectivity index (χ0n) is 13.4. The Kier molecular flexibility index (Phi) is 4.99. The van der Waals surface area contributed by atoms with Gasteiger partial charge >= 0.3 is 6.18 Å². The molecule has 2 fully saturated rings. The fraction of sp³-hybridized carbons (Fsp3) is 0.588. The lowest BCUT2D eigenvalue weighted by molar-refractivity contribution is -0.163. The van der Waals surface area contributed by atoms with Crippen LogP contribution in [0.15, 0.2) is 30.3 Å². The van der Waals surface area contributed by atoms with E-state index in [4.69, 9.17) is 0 Å². The summed E-state index contributed by atoms with van der Waals surface area (Å²) in [4.78, 5) is 15.6. The number of benzene rings is 1. The van der Waals surface area contributed by atoms with Crippen LogP contribution < -0.4 is 10.2 Å². The molecule has 0 aliphatic carbocycles. The number of para-hydroxylation sites is 1. The summed E-state index contributed by atoms with van der Waals surface area (Å²) in [5.74, 6) is -0.0360. The lowest BCUT2D eigenvalue weighted by atomic mass is 9.98. The molecule has 1 aromatic carbocycles. The smallest absolute Gasteiger partial charge is 0.371 e. The van der Waals surface area contributed by atoms with Gasteiger partial charge in [-0.25, -0.2) is 0 Å². The molecule has 24 heavy (non-hydrogen) atoms. The molecule has 1 N–H and O–H groups in total. The second kappa shape index (κ2) is 7.01. The molecular formula is C17H22F3N3O. The molecule has 2 heterocycles. The van der Waals surface area contributed by atoms with E-state index in [2.05, 4.69) is 22.3 Å². The van der Waals surface area contributed by atoms with Gasteiger partial charge in [0, 0.05) is 38.4 Å². The summed E-state index contributed by atoms with van der Waals surface area (Å²) in [7, 11) is 0. The first-order valence-electron chi connectivity index (χ1n) is 8.27. The first-order valence-corrected chi connectivity index (χ1v) is 8.27. The molecule has 2 aliphatic heterocycles. The number of amides is 1. The maximum absolute atomic E-state index is 12.2. The van der Waals surface area contributed by atoms with Crippen molar-refractivity contribution in [2.75, 3.05) is 44.2 Å². The van der Waals surface area contributed by atoms with Gasteiger partial charge in [-0.15, -0.1) is 0 Å². The van der Waals surface area contributed by atoms with Gasteiger partial charge in [-0.05, 0) is 24.5 Å². The van der Waals surface area contributed by atoms with Crippen LogP contribution in [0.2, 0.25) is 0 Å². The van der Waals surface area contributed by atoms with Gasteiger partial charge in [-0.3, -0.25) is 9.69 Å². The monoisotopic (exact) mass is 341 g/mol. The van der Waals surface area contributed by atoms with Crippen molar-refractivity contribution in [1.82, 2.24) is 10.2 Å². The Morgan fingerprint density at radius 3 is 2.54 bits per heavy atom. The highest BCUT2D eigenvalue weighted by Crippen LogP contribution is 2.25. The number of nitrogens with zero attached hydrogens (tertiary/aromatic N) is 2. The molecule has 0 radical (unpaired) electrons. The summed E-state index contributed by atoms with van der Waals surface area (Å²) in [6.45, 7) is 1.93. The SMILES string of the molecule is O=C(NC[C@@H]1CCN(c2ccccc2)C1)C1CN(CC(F)(F)F)C1. The zero-order chi connectivity index (χ0) is 17.2. The minimum absolute atomic E-state index is 0.119. The van der Waals surface area contributed by atoms with E-state index in [1.54, 1.807) is 0 Å². The number of likely N-dealkylation sites (tertiary alicyclic amines) is 1. The topological polar surface area (TPSA) is 35.6 Å². The molecule has 1 atom stereocenters. The Bertz CT molecular complexity index is 558. The van der Waals surface area contributed by atoms with Crippen LogP contribution in [0.5, 0.6) is 0 Å². The summed E-state index contributed by atoms with van der Waals surface area (Å²) in [6, 6.07) is 10.1. The number of hydrogen-bond donors (Lipinski definition) is 1. The average Bonchev–Trinajstić information content (AvgIpc) is 2.97. The summed E-state index contributed by atoms with van der Waals surface area (Å²) in [6.07, 6.45) is -3.17. The van der Waals surface area contributed by atoms with Gasteiger partial charge in [0.05, 0.1) is 12.5 Å². The van der Waals surface area contributed by atoms with Gasteiger partial charge in [-0.2, -0.15) is 13.2 Å². The third kappa shape index (κ3) is 4.41. The fourth-order valence-electron chi connectivity index (χ4n) is 3.38. The molecule has 1 aromatic rings. The molecule has 0 saturated carbocycles. The van der Waals surface area contributed by atoms with Crippen LogP contribution in [-0.2, 0) is 4.79 Å². The fourth-order valence-corrected chi connectivity index (χ4v) is 3.38. The third-order valence-corrected chi connectivity index (χ3v) is 4.70. The van der Waals surface area contributed by atoms with Gasteiger partial charge in [0.25, 0.3) is 0 Å². The summed E-state index contributed by atoms with van der Waals surface area (Å²) in [5.41, 5.74) is 1.19. The van der Waals surface area contributed by atoms with Crippen LogP contribution in [0.4, 0.5) is 18.9 Å². The standard InChI is InChI=1S/C17H22F3N3O/c18-17(19,20)12-22-10-14(11-22)16(24)21-8-13-6-7-23(9-13)15-4-2-1-3-5-15/h1-5,13-14H,6-12H2,(H,21,24)/t13-/m0/s1. The summed E-state index contributed by atoms with van der Waals surface area (Å²) < 4.78 is 36.7. The number of halogens is 3. The largest absolute Gasteiger partial charge is 0.401 e. The van der Waals surface area contributed by atoms with Crippen LogP contribution in [0.3, 0.4) is 0 Å². The Morgan fingerprint density at radius 1 is 1.17 bits per heavy atom. The number of carbonyl (C=O) groups is 1. The number of carbonyl (C=O) groups excluding carboxylic acids is 1. The second-order valence-electron chi connectivity index (χ2n) is 6.69.